The van der Waals surface area contributed by atoms with Gasteiger partial charge in [-0.3, -0.25) is 10.1 Å². The number of ether oxygens (including phenoxy) is 1. The van der Waals surface area contributed by atoms with Gasteiger partial charge in [0.2, 0.25) is 21.9 Å². The molecular weight excluding hydrogens is 404 g/mol. The Balaban J connectivity index is 1.83. The van der Waals surface area contributed by atoms with Gasteiger partial charge in [-0.15, -0.1) is 0 Å². The van der Waals surface area contributed by atoms with Gasteiger partial charge < -0.3 is 21.5 Å². The molecule has 7 N–H and O–H groups in total. The summed E-state index contributed by atoms with van der Waals surface area (Å²) >= 11 is 0. The van der Waals surface area contributed by atoms with Gasteiger partial charge in [0.1, 0.15) is 11.4 Å². The number of hydrogen-bond donors (Lipinski definition) is 4. The first-order valence-corrected chi connectivity index (χ1v) is 9.29. The van der Waals surface area contributed by atoms with E-state index in [-0.39, 0.29) is 39.9 Å². The van der Waals surface area contributed by atoms with Crippen molar-refractivity contribution in [2.75, 3.05) is 16.8 Å². The number of rotatable bonds is 6. The highest BCUT2D eigenvalue weighted by atomic mass is 32.2. The van der Waals surface area contributed by atoms with Crippen LogP contribution >= 0.6 is 0 Å². The van der Waals surface area contributed by atoms with E-state index >= 15 is 0 Å². The molecular formula is C15H14N8O5S. The van der Waals surface area contributed by atoms with Gasteiger partial charge in [0.15, 0.2) is 0 Å². The number of benzene rings is 2. The average Bonchev–Trinajstić information content (AvgIpc) is 2.62. The van der Waals surface area contributed by atoms with Crippen molar-refractivity contribution in [1.82, 2.24) is 15.0 Å². The first-order valence-electron chi connectivity index (χ1n) is 7.75. The minimum atomic E-state index is -3.82. The number of nitrogens with zero attached hydrogens (tertiary/aromatic N) is 4. The van der Waals surface area contributed by atoms with Gasteiger partial charge in [-0.2, -0.15) is 15.0 Å². The van der Waals surface area contributed by atoms with Crippen molar-refractivity contribution in [3.63, 3.8) is 0 Å². The summed E-state index contributed by atoms with van der Waals surface area (Å²) in [6, 6.07) is 9.10. The summed E-state index contributed by atoms with van der Waals surface area (Å²) in [7, 11) is -3.82. The molecule has 2 aromatic carbocycles. The van der Waals surface area contributed by atoms with Gasteiger partial charge in [0, 0.05) is 5.69 Å². The molecule has 0 aliphatic carbocycles. The maximum atomic E-state index is 11.3. The van der Waals surface area contributed by atoms with Gasteiger partial charge in [-0.1, -0.05) is 0 Å². The van der Waals surface area contributed by atoms with Crippen LogP contribution in [-0.4, -0.2) is 28.3 Å². The van der Waals surface area contributed by atoms with Crippen molar-refractivity contribution in [2.45, 2.75) is 4.90 Å². The molecule has 3 rings (SSSR count). The van der Waals surface area contributed by atoms with E-state index in [2.05, 4.69) is 20.3 Å². The van der Waals surface area contributed by atoms with Crippen molar-refractivity contribution in [1.29, 1.82) is 0 Å². The molecule has 0 saturated carbocycles. The molecule has 0 bridgehead atoms. The number of nitro benzene ring substituents is 1. The van der Waals surface area contributed by atoms with E-state index in [1.165, 1.54) is 36.4 Å². The van der Waals surface area contributed by atoms with Crippen LogP contribution in [0.2, 0.25) is 0 Å². The number of sulfonamides is 1. The predicted molar refractivity (Wildman–Crippen MR) is 103 cm³/mol. The molecule has 1 aromatic heterocycles. The lowest BCUT2D eigenvalue weighted by molar-refractivity contribution is -0.384. The van der Waals surface area contributed by atoms with E-state index in [9.17, 15) is 18.5 Å². The summed E-state index contributed by atoms with van der Waals surface area (Å²) < 4.78 is 28.0. The largest absolute Gasteiger partial charge is 0.424 e. The summed E-state index contributed by atoms with van der Waals surface area (Å²) in [4.78, 5) is 22.0. The molecule has 0 spiro atoms. The number of nitrogens with one attached hydrogen (secondary N) is 1. The number of aromatic nitrogens is 3. The van der Waals surface area contributed by atoms with E-state index < -0.39 is 14.9 Å². The number of hydrogen-bond acceptors (Lipinski definition) is 11. The summed E-state index contributed by atoms with van der Waals surface area (Å²) in [6.07, 6.45) is 0. The van der Waals surface area contributed by atoms with Gasteiger partial charge in [0.25, 0.3) is 5.69 Å². The Morgan fingerprint density at radius 2 is 1.72 bits per heavy atom. The molecule has 0 aliphatic rings. The number of nitrogen functional groups attached to an aromatic ring is 2. The van der Waals surface area contributed by atoms with Crippen LogP contribution in [0, 0.1) is 10.1 Å². The molecule has 0 unspecified atom stereocenters. The number of anilines is 4. The number of primary sulfonamides is 1. The molecule has 0 amide bonds. The topological polar surface area (TPSA) is 215 Å². The van der Waals surface area contributed by atoms with Crippen LogP contribution in [0.25, 0.3) is 0 Å². The summed E-state index contributed by atoms with van der Waals surface area (Å²) in [5.41, 5.74) is 11.3. The van der Waals surface area contributed by atoms with Gasteiger partial charge in [-0.05, 0) is 36.4 Å². The Bertz CT molecular complexity index is 1180. The van der Waals surface area contributed by atoms with Crippen LogP contribution in [0.15, 0.2) is 47.4 Å². The smallest absolute Gasteiger partial charge is 0.328 e. The maximum absolute atomic E-state index is 11.3. The lowest BCUT2D eigenvalue weighted by Crippen LogP contribution is -2.12. The third kappa shape index (κ3) is 4.82. The summed E-state index contributed by atoms with van der Waals surface area (Å²) in [6.45, 7) is 0. The molecule has 0 atom stereocenters. The zero-order valence-electron chi connectivity index (χ0n) is 14.5. The fraction of sp³-hybridized carbons (Fsp3) is 0. The second-order valence-electron chi connectivity index (χ2n) is 5.57. The van der Waals surface area contributed by atoms with E-state index in [1.54, 1.807) is 0 Å². The molecule has 0 fully saturated rings. The fourth-order valence-electron chi connectivity index (χ4n) is 2.18. The fourth-order valence-corrected chi connectivity index (χ4v) is 2.70. The Kier molecular flexibility index (Phi) is 5.12. The average molecular weight is 418 g/mol. The molecule has 0 aliphatic heterocycles. The third-order valence-electron chi connectivity index (χ3n) is 3.48. The first kappa shape index (κ1) is 19.7. The number of nitro groups is 1. The van der Waals surface area contributed by atoms with Gasteiger partial charge >= 0.3 is 6.01 Å². The van der Waals surface area contributed by atoms with Crippen molar-refractivity contribution >= 4 is 39.0 Å². The van der Waals surface area contributed by atoms with Crippen molar-refractivity contribution in [3.8, 4) is 11.8 Å². The second-order valence-corrected chi connectivity index (χ2v) is 7.14. The Labute approximate surface area is 163 Å². The van der Waals surface area contributed by atoms with Crippen LogP contribution in [0.1, 0.15) is 0 Å². The first-order chi connectivity index (χ1) is 13.6. The Morgan fingerprint density at radius 1 is 1.03 bits per heavy atom. The predicted octanol–water partition coefficient (Wildman–Crippen LogP) is 1.13. The Morgan fingerprint density at radius 3 is 2.34 bits per heavy atom. The molecule has 3 aromatic rings. The van der Waals surface area contributed by atoms with Crippen molar-refractivity contribution < 1.29 is 18.1 Å². The SMILES string of the molecule is Nc1nc(Nc2ccc(S(N)(=O)=O)cc2)nc(Oc2ccc(N)c([N+](=O)[O-])c2)n1. The molecule has 14 heteroatoms. The number of nitrogens with two attached hydrogens (primary N) is 3. The lowest BCUT2D eigenvalue weighted by atomic mass is 10.2. The van der Waals surface area contributed by atoms with Crippen LogP contribution in [0.3, 0.4) is 0 Å². The molecule has 1 heterocycles. The minimum absolute atomic E-state index is 0.000741. The standard InChI is InChI=1S/C15H14N8O5S/c16-11-6-3-9(7-12(11)23(24)25)28-15-21-13(17)20-14(22-15)19-8-1-4-10(5-2-8)29(18,26)27/h1-7H,16H2,(H2,18,26,27)(H3,17,19,20,21,22). The van der Waals surface area contributed by atoms with E-state index in [1.807, 2.05) is 0 Å². The molecule has 13 nitrogen and oxygen atoms in total. The molecule has 0 radical (unpaired) electrons. The van der Waals surface area contributed by atoms with E-state index in [0.29, 0.717) is 5.69 Å². The second kappa shape index (κ2) is 7.53. The summed E-state index contributed by atoms with van der Waals surface area (Å²) in [5.74, 6) is -0.107. The van der Waals surface area contributed by atoms with E-state index in [0.717, 1.165) is 6.07 Å². The zero-order chi connectivity index (χ0) is 21.2. The highest BCUT2D eigenvalue weighted by Gasteiger charge is 2.15. The van der Waals surface area contributed by atoms with Gasteiger partial charge in [-0.25, -0.2) is 13.6 Å². The monoisotopic (exact) mass is 418 g/mol. The lowest BCUT2D eigenvalue weighted by Gasteiger charge is -2.09. The highest BCUT2D eigenvalue weighted by Crippen LogP contribution is 2.29. The van der Waals surface area contributed by atoms with Crippen molar-refractivity contribution in [2.24, 2.45) is 5.14 Å². The molecule has 150 valence electrons. The molecule has 0 saturated heterocycles. The normalized spacial score (nSPS) is 11.1. The highest BCUT2D eigenvalue weighted by molar-refractivity contribution is 7.89. The maximum Gasteiger partial charge on any atom is 0.328 e. The third-order valence-corrected chi connectivity index (χ3v) is 4.41. The van der Waals surface area contributed by atoms with Crippen molar-refractivity contribution in [3.05, 3.63) is 52.6 Å². The zero-order valence-corrected chi connectivity index (χ0v) is 15.3. The van der Waals surface area contributed by atoms with Crippen LogP contribution in [0.4, 0.5) is 29.0 Å². The van der Waals surface area contributed by atoms with E-state index in [4.69, 9.17) is 21.3 Å². The van der Waals surface area contributed by atoms with Crippen LogP contribution in [0.5, 0.6) is 11.8 Å². The van der Waals surface area contributed by atoms with Crippen LogP contribution in [-0.2, 0) is 10.0 Å². The van der Waals surface area contributed by atoms with Crippen LogP contribution < -0.4 is 26.7 Å². The minimum Gasteiger partial charge on any atom is -0.424 e. The Hall–Kier alpha value is -4.04. The quantitative estimate of drug-likeness (QED) is 0.252. The molecule has 29 heavy (non-hydrogen) atoms. The van der Waals surface area contributed by atoms with Gasteiger partial charge in [0.05, 0.1) is 15.9 Å². The summed E-state index contributed by atoms with van der Waals surface area (Å²) in [5, 5.41) is 18.8.